The molecule has 1 N–H and O–H groups in total. The van der Waals surface area contributed by atoms with Crippen molar-refractivity contribution in [1.82, 2.24) is 10.3 Å². The summed E-state index contributed by atoms with van der Waals surface area (Å²) in [5, 5.41) is 4.39. The first-order valence-electron chi connectivity index (χ1n) is 6.03. The number of anilines is 1. The second kappa shape index (κ2) is 6.21. The number of nitrogens with one attached hydrogen (secondary N) is 1. The summed E-state index contributed by atoms with van der Waals surface area (Å²) in [4.78, 5) is 8.21. The van der Waals surface area contributed by atoms with Crippen LogP contribution in [0.4, 0.5) is 5.13 Å². The number of thiazole rings is 1. The zero-order valence-corrected chi connectivity index (χ0v) is 11.8. The molecule has 2 unspecified atom stereocenters. The van der Waals surface area contributed by atoms with Crippen LogP contribution in [0.1, 0.15) is 45.0 Å². The lowest BCUT2D eigenvalue weighted by Crippen LogP contribution is -2.32. The summed E-state index contributed by atoms with van der Waals surface area (Å²) < 4.78 is 0. The van der Waals surface area contributed by atoms with Gasteiger partial charge in [-0.25, -0.2) is 4.98 Å². The van der Waals surface area contributed by atoms with Crippen LogP contribution < -0.4 is 10.2 Å². The van der Waals surface area contributed by atoms with Gasteiger partial charge in [0.2, 0.25) is 0 Å². The first-order chi connectivity index (χ1) is 7.63. The first kappa shape index (κ1) is 13.5. The lowest BCUT2D eigenvalue weighted by atomic mass is 10.2. The van der Waals surface area contributed by atoms with Gasteiger partial charge in [0.25, 0.3) is 0 Å². The fourth-order valence-corrected chi connectivity index (χ4v) is 2.75. The summed E-state index contributed by atoms with van der Waals surface area (Å²) in [6.07, 6.45) is 3.15. The Morgan fingerprint density at radius 3 is 2.62 bits per heavy atom. The van der Waals surface area contributed by atoms with Crippen LogP contribution in [0, 0.1) is 0 Å². The largest absolute Gasteiger partial charge is 0.346 e. The van der Waals surface area contributed by atoms with Crippen molar-refractivity contribution >= 4 is 16.5 Å². The summed E-state index contributed by atoms with van der Waals surface area (Å²) >= 11 is 1.79. The number of nitrogens with zero attached hydrogens (tertiary/aromatic N) is 2. The van der Waals surface area contributed by atoms with Crippen LogP contribution in [-0.4, -0.2) is 24.6 Å². The molecule has 4 heteroatoms. The van der Waals surface area contributed by atoms with Gasteiger partial charge in [-0.3, -0.25) is 0 Å². The highest BCUT2D eigenvalue weighted by molar-refractivity contribution is 7.15. The van der Waals surface area contributed by atoms with Crippen LogP contribution in [0.5, 0.6) is 0 Å². The van der Waals surface area contributed by atoms with Gasteiger partial charge in [0.15, 0.2) is 5.13 Å². The minimum absolute atomic E-state index is 0.391. The average Bonchev–Trinajstić information content (AvgIpc) is 2.78. The Morgan fingerprint density at radius 1 is 1.44 bits per heavy atom. The first-order valence-corrected chi connectivity index (χ1v) is 6.85. The molecule has 0 aliphatic rings. The van der Waals surface area contributed by atoms with Crippen LogP contribution >= 0.6 is 11.3 Å². The third-order valence-corrected chi connectivity index (χ3v) is 4.30. The predicted octanol–water partition coefficient (Wildman–Crippen LogP) is 3.05. The fourth-order valence-electron chi connectivity index (χ4n) is 1.61. The quantitative estimate of drug-likeness (QED) is 0.829. The number of hydrogen-bond donors (Lipinski definition) is 1. The van der Waals surface area contributed by atoms with E-state index in [1.165, 1.54) is 4.88 Å². The third kappa shape index (κ3) is 2.95. The Kier molecular flexibility index (Phi) is 5.22. The molecule has 0 fully saturated rings. The Morgan fingerprint density at radius 2 is 2.12 bits per heavy atom. The van der Waals surface area contributed by atoms with Gasteiger partial charge in [-0.05, 0) is 34.2 Å². The van der Waals surface area contributed by atoms with Crippen molar-refractivity contribution in [2.45, 2.75) is 46.2 Å². The molecule has 0 aromatic carbocycles. The van der Waals surface area contributed by atoms with Gasteiger partial charge >= 0.3 is 0 Å². The molecule has 0 radical (unpaired) electrons. The molecule has 1 aromatic rings. The molecule has 3 nitrogen and oxygen atoms in total. The van der Waals surface area contributed by atoms with E-state index < -0.39 is 0 Å². The average molecular weight is 241 g/mol. The van der Waals surface area contributed by atoms with Gasteiger partial charge in [-0.1, -0.05) is 6.92 Å². The van der Waals surface area contributed by atoms with Crippen molar-refractivity contribution in [2.24, 2.45) is 0 Å². The summed E-state index contributed by atoms with van der Waals surface area (Å²) in [5.74, 6) is 0. The molecule has 0 bridgehead atoms. The van der Waals surface area contributed by atoms with Gasteiger partial charge in [-0.15, -0.1) is 11.3 Å². The molecule has 1 rings (SSSR count). The molecule has 16 heavy (non-hydrogen) atoms. The second-order valence-electron chi connectivity index (χ2n) is 4.10. The lowest BCUT2D eigenvalue weighted by molar-refractivity contribution is 0.628. The van der Waals surface area contributed by atoms with Gasteiger partial charge in [0.1, 0.15) is 0 Å². The molecule has 0 saturated carbocycles. The number of rotatable bonds is 6. The Bertz CT molecular complexity index is 311. The van der Waals surface area contributed by atoms with E-state index in [9.17, 15) is 0 Å². The van der Waals surface area contributed by atoms with Crippen molar-refractivity contribution in [3.63, 3.8) is 0 Å². The normalized spacial score (nSPS) is 14.8. The highest BCUT2D eigenvalue weighted by Crippen LogP contribution is 2.28. The Hall–Kier alpha value is -0.610. The van der Waals surface area contributed by atoms with Crippen LogP contribution in [0.25, 0.3) is 0 Å². The second-order valence-corrected chi connectivity index (χ2v) is 5.14. The van der Waals surface area contributed by atoms with Crippen LogP contribution in [0.15, 0.2) is 6.20 Å². The van der Waals surface area contributed by atoms with Gasteiger partial charge in [0, 0.05) is 29.7 Å². The van der Waals surface area contributed by atoms with Gasteiger partial charge < -0.3 is 10.2 Å². The van der Waals surface area contributed by atoms with Crippen LogP contribution in [0.3, 0.4) is 0 Å². The van der Waals surface area contributed by atoms with Crippen LogP contribution in [0.2, 0.25) is 0 Å². The van der Waals surface area contributed by atoms with Crippen molar-refractivity contribution in [3.8, 4) is 0 Å². The Labute approximate surface area is 103 Å². The van der Waals surface area contributed by atoms with Gasteiger partial charge in [-0.2, -0.15) is 0 Å². The SMILES string of the molecule is CCC(C)N(CC)c1ncc(C(C)NC)s1. The van der Waals surface area contributed by atoms with Crippen molar-refractivity contribution in [1.29, 1.82) is 0 Å². The topological polar surface area (TPSA) is 28.2 Å². The van der Waals surface area contributed by atoms with Gasteiger partial charge in [0.05, 0.1) is 0 Å². The minimum atomic E-state index is 0.391. The van der Waals surface area contributed by atoms with E-state index in [-0.39, 0.29) is 0 Å². The maximum atomic E-state index is 4.53. The van der Waals surface area contributed by atoms with E-state index in [2.05, 4.69) is 42.9 Å². The monoisotopic (exact) mass is 241 g/mol. The van der Waals surface area contributed by atoms with E-state index in [4.69, 9.17) is 0 Å². The zero-order chi connectivity index (χ0) is 12.1. The molecule has 0 aliphatic heterocycles. The molecule has 0 aliphatic carbocycles. The van der Waals surface area contributed by atoms with E-state index in [0.29, 0.717) is 12.1 Å². The predicted molar refractivity (Wildman–Crippen MR) is 72.4 cm³/mol. The molecule has 0 spiro atoms. The molecule has 1 heterocycles. The summed E-state index contributed by atoms with van der Waals surface area (Å²) in [6.45, 7) is 9.85. The van der Waals surface area contributed by atoms with Crippen LogP contribution in [-0.2, 0) is 0 Å². The van der Waals surface area contributed by atoms with Crippen molar-refractivity contribution in [3.05, 3.63) is 11.1 Å². The summed E-state index contributed by atoms with van der Waals surface area (Å²) in [7, 11) is 1.98. The number of aromatic nitrogens is 1. The van der Waals surface area contributed by atoms with E-state index in [0.717, 1.165) is 18.1 Å². The summed E-state index contributed by atoms with van der Waals surface area (Å²) in [6, 6.07) is 0.954. The third-order valence-electron chi connectivity index (χ3n) is 3.08. The van der Waals surface area contributed by atoms with Crippen molar-refractivity contribution < 1.29 is 0 Å². The van der Waals surface area contributed by atoms with Crippen molar-refractivity contribution in [2.75, 3.05) is 18.5 Å². The lowest BCUT2D eigenvalue weighted by Gasteiger charge is -2.26. The zero-order valence-electron chi connectivity index (χ0n) is 10.9. The molecule has 2 atom stereocenters. The molecular formula is C12H23N3S. The van der Waals surface area contributed by atoms with E-state index >= 15 is 0 Å². The molecular weight excluding hydrogens is 218 g/mol. The Balaban J connectivity index is 2.82. The number of hydrogen-bond acceptors (Lipinski definition) is 4. The minimum Gasteiger partial charge on any atom is -0.346 e. The standard InChI is InChI=1S/C12H23N3S/c1-6-9(3)15(7-2)12-14-8-11(16-12)10(4)13-5/h8-10,13H,6-7H2,1-5H3. The molecule has 1 aromatic heterocycles. The van der Waals surface area contributed by atoms with E-state index in [1.54, 1.807) is 11.3 Å². The molecule has 0 saturated heterocycles. The highest BCUT2D eigenvalue weighted by Gasteiger charge is 2.16. The highest BCUT2D eigenvalue weighted by atomic mass is 32.1. The molecule has 0 amide bonds. The van der Waals surface area contributed by atoms with E-state index in [1.807, 2.05) is 13.2 Å². The fraction of sp³-hybridized carbons (Fsp3) is 0.750. The smallest absolute Gasteiger partial charge is 0.185 e. The summed E-state index contributed by atoms with van der Waals surface area (Å²) in [5.41, 5.74) is 0. The molecule has 92 valence electrons. The maximum absolute atomic E-state index is 4.53. The maximum Gasteiger partial charge on any atom is 0.185 e.